The van der Waals surface area contributed by atoms with Crippen molar-refractivity contribution in [3.8, 4) is 56.4 Å². The second-order valence-electron chi connectivity index (χ2n) is 14.8. The van der Waals surface area contributed by atoms with Crippen LogP contribution in [-0.4, -0.2) is 15.0 Å². The highest BCUT2D eigenvalue weighted by atomic mass is 16.3. The molecule has 282 valence electrons. The molecule has 2 aromatic heterocycles. The Morgan fingerprint density at radius 2 is 0.850 bits per heavy atom. The first-order valence-electron chi connectivity index (χ1n) is 20.1. The van der Waals surface area contributed by atoms with Gasteiger partial charge in [0.2, 0.25) is 0 Å². The number of fused-ring (bicyclic) bond motifs is 4. The molecule has 0 saturated heterocycles. The number of hydrogen-bond acceptors (Lipinski definition) is 5. The summed E-state index contributed by atoms with van der Waals surface area (Å²) in [4.78, 5) is 17.4. The van der Waals surface area contributed by atoms with Crippen LogP contribution in [0.4, 0.5) is 17.1 Å². The standard InChI is InChI=1S/C55H36N4O/c1-4-15-37(16-5-1)38-29-31-43(32-30-38)59(44-24-12-23-42(35-44)47-26-13-22-39-17-10-11-25-46(39)47)45-33-34-48-51(36-45)60-50-28-14-27-49(52(48)50)55-57-53(40-18-6-2-7-19-40)56-54(58-55)41-20-8-3-9-21-41/h1-36H. The van der Waals surface area contributed by atoms with Gasteiger partial charge in [0, 0.05) is 50.6 Å². The number of benzene rings is 9. The van der Waals surface area contributed by atoms with Gasteiger partial charge in [-0.1, -0.05) is 170 Å². The van der Waals surface area contributed by atoms with E-state index in [1.165, 1.54) is 21.9 Å². The second-order valence-corrected chi connectivity index (χ2v) is 14.8. The molecule has 0 aliphatic rings. The Labute approximate surface area is 347 Å². The number of aromatic nitrogens is 3. The molecule has 0 aliphatic carbocycles. The highest BCUT2D eigenvalue weighted by molar-refractivity contribution is 6.12. The van der Waals surface area contributed by atoms with E-state index in [1.54, 1.807) is 0 Å². The van der Waals surface area contributed by atoms with Crippen LogP contribution >= 0.6 is 0 Å². The summed E-state index contributed by atoms with van der Waals surface area (Å²) in [6, 6.07) is 75.9. The zero-order chi connectivity index (χ0) is 39.8. The summed E-state index contributed by atoms with van der Waals surface area (Å²) in [6.07, 6.45) is 0. The van der Waals surface area contributed by atoms with Crippen LogP contribution in [0.2, 0.25) is 0 Å². The lowest BCUT2D eigenvalue weighted by Gasteiger charge is -2.26. The number of rotatable bonds is 8. The Morgan fingerprint density at radius 3 is 1.58 bits per heavy atom. The van der Waals surface area contributed by atoms with Gasteiger partial charge in [0.15, 0.2) is 17.5 Å². The van der Waals surface area contributed by atoms with E-state index in [0.717, 1.165) is 66.8 Å². The molecule has 0 spiro atoms. The van der Waals surface area contributed by atoms with Crippen molar-refractivity contribution in [2.45, 2.75) is 0 Å². The Kier molecular flexibility index (Phi) is 8.75. The van der Waals surface area contributed by atoms with Gasteiger partial charge in [-0.15, -0.1) is 0 Å². The monoisotopic (exact) mass is 768 g/mol. The van der Waals surface area contributed by atoms with E-state index < -0.39 is 0 Å². The van der Waals surface area contributed by atoms with Gasteiger partial charge in [0.05, 0.1) is 0 Å². The van der Waals surface area contributed by atoms with E-state index in [0.29, 0.717) is 17.5 Å². The maximum Gasteiger partial charge on any atom is 0.164 e. The Morgan fingerprint density at radius 1 is 0.317 bits per heavy atom. The Balaban J connectivity index is 1.06. The average Bonchev–Trinajstić information content (AvgIpc) is 3.71. The van der Waals surface area contributed by atoms with E-state index in [1.807, 2.05) is 78.9 Å². The molecule has 0 bridgehead atoms. The first kappa shape index (κ1) is 35.0. The third-order valence-corrected chi connectivity index (χ3v) is 11.1. The molecule has 5 heteroatoms. The van der Waals surface area contributed by atoms with Gasteiger partial charge in [0.25, 0.3) is 0 Å². The zero-order valence-electron chi connectivity index (χ0n) is 32.5. The topological polar surface area (TPSA) is 55.1 Å². The van der Waals surface area contributed by atoms with Crippen LogP contribution in [0.1, 0.15) is 0 Å². The first-order valence-corrected chi connectivity index (χ1v) is 20.1. The number of furan rings is 1. The molecule has 11 rings (SSSR count). The van der Waals surface area contributed by atoms with Crippen molar-refractivity contribution in [3.63, 3.8) is 0 Å². The van der Waals surface area contributed by atoms with E-state index in [-0.39, 0.29) is 0 Å². The molecule has 9 aromatic carbocycles. The fourth-order valence-corrected chi connectivity index (χ4v) is 8.24. The predicted octanol–water partition coefficient (Wildman–Crippen LogP) is 14.7. The van der Waals surface area contributed by atoms with Gasteiger partial charge >= 0.3 is 0 Å². The normalized spacial score (nSPS) is 11.3. The lowest BCUT2D eigenvalue weighted by Crippen LogP contribution is -2.10. The third-order valence-electron chi connectivity index (χ3n) is 11.1. The Bertz CT molecular complexity index is 3240. The van der Waals surface area contributed by atoms with Crippen molar-refractivity contribution in [2.24, 2.45) is 0 Å². The highest BCUT2D eigenvalue weighted by Crippen LogP contribution is 2.43. The molecule has 0 radical (unpaired) electrons. The summed E-state index contributed by atoms with van der Waals surface area (Å²) >= 11 is 0. The minimum absolute atomic E-state index is 0.588. The maximum absolute atomic E-state index is 6.73. The molecule has 2 heterocycles. The summed E-state index contributed by atoms with van der Waals surface area (Å²) in [7, 11) is 0. The third kappa shape index (κ3) is 6.45. The van der Waals surface area contributed by atoms with Crippen molar-refractivity contribution in [1.29, 1.82) is 0 Å². The largest absolute Gasteiger partial charge is 0.456 e. The first-order chi connectivity index (χ1) is 29.7. The van der Waals surface area contributed by atoms with Gasteiger partial charge in [-0.3, -0.25) is 0 Å². The minimum atomic E-state index is 0.588. The van der Waals surface area contributed by atoms with Crippen molar-refractivity contribution >= 4 is 49.8 Å². The molecule has 0 N–H and O–H groups in total. The Hall–Kier alpha value is -8.15. The van der Waals surface area contributed by atoms with Crippen molar-refractivity contribution in [1.82, 2.24) is 15.0 Å². The van der Waals surface area contributed by atoms with Gasteiger partial charge in [-0.25, -0.2) is 15.0 Å². The second kappa shape index (κ2) is 15.0. The van der Waals surface area contributed by atoms with E-state index in [9.17, 15) is 0 Å². The summed E-state index contributed by atoms with van der Waals surface area (Å²) in [5, 5.41) is 4.38. The molecular weight excluding hydrogens is 733 g/mol. The molecule has 0 amide bonds. The summed E-state index contributed by atoms with van der Waals surface area (Å²) in [5.41, 5.74) is 12.0. The van der Waals surface area contributed by atoms with Crippen LogP contribution < -0.4 is 4.90 Å². The number of anilines is 3. The molecule has 0 unspecified atom stereocenters. The maximum atomic E-state index is 6.73. The van der Waals surface area contributed by atoms with Crippen molar-refractivity contribution in [2.75, 3.05) is 4.90 Å². The molecule has 5 nitrogen and oxygen atoms in total. The number of nitrogens with zero attached hydrogens (tertiary/aromatic N) is 4. The van der Waals surface area contributed by atoms with Crippen LogP contribution in [-0.2, 0) is 0 Å². The van der Waals surface area contributed by atoms with Gasteiger partial charge < -0.3 is 9.32 Å². The molecule has 0 saturated carbocycles. The van der Waals surface area contributed by atoms with Crippen LogP contribution in [0.3, 0.4) is 0 Å². The molecule has 0 atom stereocenters. The average molecular weight is 769 g/mol. The molecular formula is C55H36N4O. The van der Waals surface area contributed by atoms with Crippen molar-refractivity contribution < 1.29 is 4.42 Å². The summed E-state index contributed by atoms with van der Waals surface area (Å²) in [5.74, 6) is 1.82. The van der Waals surface area contributed by atoms with E-state index in [2.05, 4.69) is 144 Å². The minimum Gasteiger partial charge on any atom is -0.456 e. The van der Waals surface area contributed by atoms with E-state index in [4.69, 9.17) is 19.4 Å². The van der Waals surface area contributed by atoms with Gasteiger partial charge in [0.1, 0.15) is 11.2 Å². The van der Waals surface area contributed by atoms with Gasteiger partial charge in [-0.2, -0.15) is 0 Å². The molecule has 0 aliphatic heterocycles. The van der Waals surface area contributed by atoms with Crippen LogP contribution in [0.25, 0.3) is 89.1 Å². The van der Waals surface area contributed by atoms with E-state index >= 15 is 0 Å². The molecule has 11 aromatic rings. The van der Waals surface area contributed by atoms with Crippen LogP contribution in [0.5, 0.6) is 0 Å². The zero-order valence-corrected chi connectivity index (χ0v) is 32.5. The molecule has 0 fully saturated rings. The smallest absolute Gasteiger partial charge is 0.164 e. The fourth-order valence-electron chi connectivity index (χ4n) is 8.24. The van der Waals surface area contributed by atoms with Crippen LogP contribution in [0.15, 0.2) is 223 Å². The predicted molar refractivity (Wildman–Crippen MR) is 246 cm³/mol. The summed E-state index contributed by atoms with van der Waals surface area (Å²) in [6.45, 7) is 0. The van der Waals surface area contributed by atoms with Crippen molar-refractivity contribution in [3.05, 3.63) is 218 Å². The molecule has 60 heavy (non-hydrogen) atoms. The van der Waals surface area contributed by atoms with Crippen LogP contribution in [0, 0.1) is 0 Å². The summed E-state index contributed by atoms with van der Waals surface area (Å²) < 4.78 is 6.73. The van der Waals surface area contributed by atoms with Gasteiger partial charge in [-0.05, 0) is 75.5 Å². The SMILES string of the molecule is c1ccc(-c2ccc(N(c3cccc(-c4cccc5ccccc45)c3)c3ccc4c(c3)oc3cccc(-c5nc(-c6ccccc6)nc(-c6ccccc6)n5)c34)cc2)cc1. The fraction of sp³-hybridized carbons (Fsp3) is 0. The lowest BCUT2D eigenvalue weighted by molar-refractivity contribution is 0.669. The highest BCUT2D eigenvalue weighted by Gasteiger charge is 2.20. The number of hydrogen-bond donors (Lipinski definition) is 0. The lowest BCUT2D eigenvalue weighted by atomic mass is 9.97. The quantitative estimate of drug-likeness (QED) is 0.154.